The molecule has 2 aliphatic rings. The van der Waals surface area contributed by atoms with E-state index in [0.717, 1.165) is 61.7 Å². The minimum Gasteiger partial charge on any atom is -0.480 e. The van der Waals surface area contributed by atoms with Gasteiger partial charge in [0.05, 0.1) is 6.54 Å². The number of benzene rings is 2. The fourth-order valence-electron chi connectivity index (χ4n) is 6.16. The lowest BCUT2D eigenvalue weighted by molar-refractivity contribution is -0.254. The highest BCUT2D eigenvalue weighted by Crippen LogP contribution is 2.44. The molecule has 3 aromatic rings. The molecule has 0 saturated carbocycles. The van der Waals surface area contributed by atoms with Gasteiger partial charge in [-0.05, 0) is 32.7 Å². The number of aromatic nitrogens is 4. The SMILES string of the molecule is CC(=O)OC[C@H]1O[C@@H](Cn2nnnc2SC[C@H](NC(=O)OCC2c3ccccc3-c3ccccc32)C(=O)O)[C@H](OC(C)=O)[C@@H](OC(C)=O)[C@H]1OC(C)=O. The molecule has 1 saturated heterocycles. The third-order valence-corrected chi connectivity index (χ3v) is 9.30. The molecule has 2 heterocycles. The minimum absolute atomic E-state index is 0.0203. The van der Waals surface area contributed by atoms with Gasteiger partial charge in [-0.25, -0.2) is 14.3 Å². The summed E-state index contributed by atoms with van der Waals surface area (Å²) >= 11 is 0.884. The molecule has 1 aliphatic heterocycles. The molecule has 1 fully saturated rings. The van der Waals surface area contributed by atoms with E-state index in [1.54, 1.807) is 0 Å². The van der Waals surface area contributed by atoms with Gasteiger partial charge in [-0.2, -0.15) is 0 Å². The zero-order valence-corrected chi connectivity index (χ0v) is 29.8. The summed E-state index contributed by atoms with van der Waals surface area (Å²) < 4.78 is 34.3. The number of esters is 4. The lowest BCUT2D eigenvalue weighted by Crippen LogP contribution is -2.63. The number of ether oxygens (including phenoxy) is 6. The van der Waals surface area contributed by atoms with Crippen molar-refractivity contribution in [3.05, 3.63) is 59.7 Å². The smallest absolute Gasteiger partial charge is 0.407 e. The molecule has 1 aromatic heterocycles. The maximum atomic E-state index is 12.9. The molecule has 2 aromatic carbocycles. The van der Waals surface area contributed by atoms with Gasteiger partial charge in [0.1, 0.15) is 31.5 Å². The maximum absolute atomic E-state index is 12.9. The first kappa shape index (κ1) is 38.7. The molecule has 6 atom stereocenters. The number of nitrogens with one attached hydrogen (secondary N) is 1. The molecule has 0 spiro atoms. The van der Waals surface area contributed by atoms with Crippen LogP contribution in [-0.4, -0.2) is 117 Å². The zero-order valence-electron chi connectivity index (χ0n) is 29.0. The monoisotopic (exact) mass is 755 g/mol. The summed E-state index contributed by atoms with van der Waals surface area (Å²) in [6.45, 7) is 3.78. The third kappa shape index (κ3) is 9.66. The van der Waals surface area contributed by atoms with E-state index in [2.05, 4.69) is 20.8 Å². The summed E-state index contributed by atoms with van der Waals surface area (Å²) in [4.78, 5) is 73.1. The number of nitrogens with zero attached hydrogens (tertiary/aromatic N) is 4. The number of amides is 1. The second-order valence-corrected chi connectivity index (χ2v) is 13.0. The number of carbonyl (C=O) groups is 6. The maximum Gasteiger partial charge on any atom is 0.407 e. The van der Waals surface area contributed by atoms with Gasteiger partial charge in [-0.15, -0.1) is 5.10 Å². The Balaban J connectivity index is 1.27. The molecule has 1 amide bonds. The van der Waals surface area contributed by atoms with Gasteiger partial charge in [0.15, 0.2) is 18.3 Å². The van der Waals surface area contributed by atoms with E-state index in [1.807, 2.05) is 48.5 Å². The topological polar surface area (TPSA) is 234 Å². The van der Waals surface area contributed by atoms with Crippen molar-refractivity contribution in [2.45, 2.75) is 81.9 Å². The van der Waals surface area contributed by atoms with Crippen LogP contribution in [0.25, 0.3) is 11.1 Å². The lowest BCUT2D eigenvalue weighted by atomic mass is 9.94. The summed E-state index contributed by atoms with van der Waals surface area (Å²) in [7, 11) is 0. The molecule has 1 aliphatic carbocycles. The number of hydrogen-bond acceptors (Lipinski definition) is 16. The van der Waals surface area contributed by atoms with Crippen molar-refractivity contribution in [2.75, 3.05) is 19.0 Å². The number of carboxylic acid groups (broad SMARTS) is 1. The number of hydrogen-bond donors (Lipinski definition) is 2. The molecule has 5 rings (SSSR count). The van der Waals surface area contributed by atoms with Gasteiger partial charge < -0.3 is 38.8 Å². The Bertz CT molecular complexity index is 1810. The molecule has 282 valence electrons. The number of tetrazole rings is 1. The number of rotatable bonds is 14. The standard InChI is InChI=1S/C34H37N5O13S/c1-17(40)47-15-28-30(50-19(3)42)31(51-20(4)43)29(49-18(2)41)27(52-28)13-39-33(36-37-38-39)53-16-26(32(44)45)35-34(46)48-14-25-23-11-7-5-9-21(23)22-10-6-8-12-24(22)25/h5-12,25-31H,13-16H2,1-4H3,(H,35,46)(H,44,45)/t26-,27-,28+,29-,30-,31+/m0/s1. The van der Waals surface area contributed by atoms with E-state index >= 15 is 0 Å². The van der Waals surface area contributed by atoms with Crippen molar-refractivity contribution in [1.29, 1.82) is 0 Å². The van der Waals surface area contributed by atoms with Crippen molar-refractivity contribution in [3.8, 4) is 11.1 Å². The lowest BCUT2D eigenvalue weighted by Gasteiger charge is -2.44. The first-order valence-corrected chi connectivity index (χ1v) is 17.3. The molecule has 0 unspecified atom stereocenters. The number of thioether (sulfide) groups is 1. The second kappa shape index (κ2) is 17.3. The molecule has 53 heavy (non-hydrogen) atoms. The fraction of sp³-hybridized carbons (Fsp3) is 0.441. The van der Waals surface area contributed by atoms with Gasteiger partial charge in [0.25, 0.3) is 0 Å². The van der Waals surface area contributed by atoms with Crippen LogP contribution in [0, 0.1) is 0 Å². The Morgan fingerprint density at radius 1 is 0.792 bits per heavy atom. The average molecular weight is 756 g/mol. The van der Waals surface area contributed by atoms with Gasteiger partial charge in [-0.3, -0.25) is 19.2 Å². The van der Waals surface area contributed by atoms with Crippen LogP contribution < -0.4 is 5.32 Å². The van der Waals surface area contributed by atoms with Crippen LogP contribution in [0.15, 0.2) is 53.7 Å². The number of alkyl carbamates (subject to hydrolysis) is 1. The first-order valence-electron chi connectivity index (χ1n) is 16.4. The summed E-state index contributed by atoms with van der Waals surface area (Å²) in [5, 5.41) is 23.9. The molecule has 18 nitrogen and oxygen atoms in total. The van der Waals surface area contributed by atoms with Crippen molar-refractivity contribution in [3.63, 3.8) is 0 Å². The summed E-state index contributed by atoms with van der Waals surface area (Å²) in [5.41, 5.74) is 4.07. The summed E-state index contributed by atoms with van der Waals surface area (Å²) in [6.07, 6.45) is -7.40. The number of carboxylic acids is 1. The first-order chi connectivity index (χ1) is 25.3. The Morgan fingerprint density at radius 2 is 1.36 bits per heavy atom. The van der Waals surface area contributed by atoms with Crippen LogP contribution >= 0.6 is 11.8 Å². The van der Waals surface area contributed by atoms with Crippen molar-refractivity contribution >= 4 is 47.7 Å². The Morgan fingerprint density at radius 3 is 1.92 bits per heavy atom. The Kier molecular flexibility index (Phi) is 12.6. The Labute approximate surface area is 306 Å². The van der Waals surface area contributed by atoms with Gasteiger partial charge >= 0.3 is 35.9 Å². The van der Waals surface area contributed by atoms with E-state index in [9.17, 15) is 33.9 Å². The summed E-state index contributed by atoms with van der Waals surface area (Å²) in [6, 6.07) is 14.2. The predicted molar refractivity (Wildman–Crippen MR) is 180 cm³/mol. The predicted octanol–water partition coefficient (Wildman–Crippen LogP) is 1.88. The second-order valence-electron chi connectivity index (χ2n) is 12.1. The third-order valence-electron chi connectivity index (χ3n) is 8.25. The summed E-state index contributed by atoms with van der Waals surface area (Å²) in [5.74, 6) is -4.83. The largest absolute Gasteiger partial charge is 0.480 e. The van der Waals surface area contributed by atoms with Crippen LogP contribution in [0.5, 0.6) is 0 Å². The average Bonchev–Trinajstić information content (AvgIpc) is 3.68. The van der Waals surface area contributed by atoms with Crippen LogP contribution in [0.1, 0.15) is 44.7 Å². The molecular weight excluding hydrogens is 718 g/mol. The molecule has 19 heteroatoms. The fourth-order valence-corrected chi connectivity index (χ4v) is 7.06. The van der Waals surface area contributed by atoms with Crippen LogP contribution in [0.4, 0.5) is 4.79 Å². The van der Waals surface area contributed by atoms with Gasteiger partial charge in [0.2, 0.25) is 5.16 Å². The van der Waals surface area contributed by atoms with E-state index < -0.39 is 79.1 Å². The quantitative estimate of drug-likeness (QED) is 0.136. The van der Waals surface area contributed by atoms with E-state index in [4.69, 9.17) is 28.4 Å². The molecule has 0 radical (unpaired) electrons. The van der Waals surface area contributed by atoms with Crippen LogP contribution in [-0.2, 0) is 58.9 Å². The molecular formula is C34H37N5O13S. The highest BCUT2D eigenvalue weighted by molar-refractivity contribution is 7.99. The molecule has 2 N–H and O–H groups in total. The van der Waals surface area contributed by atoms with Gasteiger partial charge in [0, 0.05) is 39.4 Å². The van der Waals surface area contributed by atoms with E-state index in [0.29, 0.717) is 0 Å². The number of carbonyl (C=O) groups excluding carboxylic acids is 5. The number of fused-ring (bicyclic) bond motifs is 3. The minimum atomic E-state index is -1.42. The van der Waals surface area contributed by atoms with Crippen molar-refractivity contribution < 1.29 is 62.3 Å². The highest BCUT2D eigenvalue weighted by atomic mass is 32.2. The highest BCUT2D eigenvalue weighted by Gasteiger charge is 2.52. The van der Waals surface area contributed by atoms with Crippen molar-refractivity contribution in [2.24, 2.45) is 0 Å². The van der Waals surface area contributed by atoms with E-state index in [1.165, 1.54) is 4.68 Å². The normalized spacial score (nSPS) is 20.9. The van der Waals surface area contributed by atoms with Crippen LogP contribution in [0.2, 0.25) is 0 Å². The number of aliphatic carboxylic acids is 1. The van der Waals surface area contributed by atoms with Crippen molar-refractivity contribution in [1.82, 2.24) is 25.5 Å². The Hall–Kier alpha value is -5.56. The van der Waals surface area contributed by atoms with Gasteiger partial charge in [-0.1, -0.05) is 60.3 Å². The van der Waals surface area contributed by atoms with Crippen LogP contribution in [0.3, 0.4) is 0 Å². The molecule has 0 bridgehead atoms. The van der Waals surface area contributed by atoms with E-state index in [-0.39, 0.29) is 30.0 Å². The zero-order chi connectivity index (χ0) is 38.2.